The summed E-state index contributed by atoms with van der Waals surface area (Å²) in [6.45, 7) is 7.14. The Morgan fingerprint density at radius 1 is 0.403 bits per heavy atom. The molecule has 0 aromatic rings. The van der Waals surface area contributed by atoms with Crippen LogP contribution in [0.4, 0.5) is 0 Å². The van der Waals surface area contributed by atoms with Crippen LogP contribution in [-0.4, -0.2) is 169 Å². The van der Waals surface area contributed by atoms with E-state index in [1.165, 1.54) is 0 Å². The number of rotatable bonds is 14. The summed E-state index contributed by atoms with van der Waals surface area (Å²) in [6, 6.07) is 0. The van der Waals surface area contributed by atoms with Crippen LogP contribution in [0.3, 0.4) is 0 Å². The largest absolute Gasteiger partial charge is 0 e. The molecule has 0 aliphatic rings. The molecule has 42 heteroatoms. The van der Waals surface area contributed by atoms with E-state index in [9.17, 15) is 25.5 Å². The van der Waals surface area contributed by atoms with Crippen molar-refractivity contribution in [3.8, 4) is 0 Å². The van der Waals surface area contributed by atoms with Crippen molar-refractivity contribution in [3.63, 3.8) is 0 Å². The van der Waals surface area contributed by atoms with E-state index in [4.69, 9.17) is 109 Å². The van der Waals surface area contributed by atoms with Crippen LogP contribution in [0.5, 0.6) is 0 Å². The van der Waals surface area contributed by atoms with Gasteiger partial charge in [0.1, 0.15) is 0 Å². The first-order valence-electron chi connectivity index (χ1n) is 14.5. The summed E-state index contributed by atoms with van der Waals surface area (Å²) >= 11 is -11.0. The Kier molecular flexibility index (Phi) is 85.0. The fourth-order valence-electron chi connectivity index (χ4n) is 2.74. The first-order chi connectivity index (χ1) is 24.5. The molecule has 0 aromatic carbocycles. The second-order valence-corrected chi connectivity index (χ2v) is 18.4. The molecule has 0 saturated carbocycles. The fourth-order valence-corrected chi connectivity index (χ4v) is 2.74. The van der Waals surface area contributed by atoms with Crippen LogP contribution in [0.2, 0.25) is 0 Å². The molecule has 0 rings (SSSR count). The van der Waals surface area contributed by atoms with Crippen molar-refractivity contribution in [2.24, 2.45) is 0 Å². The normalized spacial score (nSPS) is 14.0. The minimum absolute atomic E-state index is 0. The van der Waals surface area contributed by atoms with Gasteiger partial charge in [-0.3, -0.25) is 36.4 Å². The third-order valence-corrected chi connectivity index (χ3v) is 4.22. The van der Waals surface area contributed by atoms with Crippen molar-refractivity contribution < 1.29 is 278 Å². The van der Waals surface area contributed by atoms with Crippen molar-refractivity contribution in [1.29, 1.82) is 0 Å². The molecular weight excluding hydrogens is 1440 g/mol. The Bertz CT molecular complexity index is 1320. The van der Waals surface area contributed by atoms with Crippen LogP contribution < -0.4 is 0 Å². The second-order valence-electron chi connectivity index (χ2n) is 10.4. The third kappa shape index (κ3) is 287. The number of hydrogen-bond acceptors (Lipinski definition) is 19. The van der Waals surface area contributed by atoms with Gasteiger partial charge >= 0.3 is 104 Å². The average Bonchev–Trinajstić information content (AvgIpc) is 2.80. The molecule has 0 radical (unpaired) electrons. The fraction of sp³-hybridized carbons (Fsp3) is 1.00. The molecule has 0 aliphatic heterocycles. The number of hydrogen-bond donors (Lipinski definition) is 19. The maximum Gasteiger partial charge on any atom is 0 e. The van der Waals surface area contributed by atoms with Gasteiger partial charge in [-0.05, 0) is 58.8 Å². The summed E-state index contributed by atoms with van der Waals surface area (Å²) in [7, 11) is -18.7. The molecular formula is C20H58Mo2O32S4Zr4. The van der Waals surface area contributed by atoms with E-state index < -0.39 is 118 Å². The van der Waals surface area contributed by atoms with Crippen molar-refractivity contribution in [3.05, 3.63) is 0 Å². The van der Waals surface area contributed by atoms with Crippen LogP contribution in [-0.2, 0) is 193 Å². The molecule has 7 unspecified atom stereocenters. The van der Waals surface area contributed by atoms with E-state index in [1.54, 1.807) is 13.8 Å². The molecule has 0 heterocycles. The molecule has 0 spiro atoms. The Labute approximate surface area is 442 Å². The van der Waals surface area contributed by atoms with Gasteiger partial charge in [-0.1, -0.05) is 26.7 Å². The van der Waals surface area contributed by atoms with Crippen LogP contribution in [0.25, 0.3) is 0 Å². The number of aliphatic hydroxyl groups is 7. The molecule has 0 saturated heterocycles. The smallest absolute Gasteiger partial charge is 0 e. The van der Waals surface area contributed by atoms with E-state index in [0.29, 0.717) is 19.3 Å². The Balaban J connectivity index is -0.0000000417. The van der Waals surface area contributed by atoms with Gasteiger partial charge in [0, 0.05) is 105 Å². The van der Waals surface area contributed by atoms with E-state index in [-0.39, 0.29) is 130 Å². The minimum atomic E-state index is -5.52. The average molecular weight is 1500 g/mol. The van der Waals surface area contributed by atoms with Gasteiger partial charge in [-0.2, -0.15) is 33.7 Å². The summed E-state index contributed by atoms with van der Waals surface area (Å²) in [6.07, 6.45) is 0.921. The topological polar surface area (TPSA) is 621 Å². The summed E-state index contributed by atoms with van der Waals surface area (Å²) in [5.41, 5.74) is 0. The van der Waals surface area contributed by atoms with Gasteiger partial charge in [-0.25, -0.2) is 0 Å². The summed E-state index contributed by atoms with van der Waals surface area (Å²) < 4.78 is 190. The van der Waals surface area contributed by atoms with Crippen molar-refractivity contribution in [2.75, 3.05) is 0 Å². The quantitative estimate of drug-likeness (QED) is 0.0572. The SMILES string of the molecule is CCC(O)CC(O)CC(O)CC(C)O.CCCCC(O)CC(O)CC(C)O.O.O=S(=O)(O)O.O=S(=O)(O)O.O=S(=O)(O)O.O=S(=O)(O)O.[O]=[Mo](=[O])([OH])[OH].[O]=[Mo](=[O])([OH])[OH].[Zr].[Zr].[Zr].[Zr]. The minimum Gasteiger partial charge on any atom is 0 e. The standard InChI is InChI=1S/C10H22O4.C10H22O3.2Mo.4H2O4S.5H2O.4O.4Zr/c1-3-8(12)5-10(14)6-9(13)4-7(2)11;1-3-4-5-9(12)7-10(13)6-8(2)11;;;4*1-5(2,3)4;;;;;;;;;;;;;/h7-14H,3-6H2,1-2H3;8-13H,3-7H2,1-2H3;;;4*(H2,1,2,3,4);5*1H2;;;;;;;;/q;;2*+2;;;;;;;;;;;;;;;;;/p-4. The predicted molar refractivity (Wildman–Crippen MR) is 178 cm³/mol. The van der Waals surface area contributed by atoms with Gasteiger partial charge in [-0.15, -0.1) is 0 Å². The van der Waals surface area contributed by atoms with Gasteiger partial charge in [0.15, 0.2) is 0 Å². The molecule has 32 nitrogen and oxygen atoms in total. The summed E-state index contributed by atoms with van der Waals surface area (Å²) in [4.78, 5) is 0. The molecule has 0 aromatic heterocycles. The first kappa shape index (κ1) is 98.5. The predicted octanol–water partition coefficient (Wildman–Crippen LogP) is -5.06. The molecule has 0 aliphatic carbocycles. The number of unbranched alkanes of at least 4 members (excludes halogenated alkanes) is 1. The van der Waals surface area contributed by atoms with E-state index in [1.807, 2.05) is 6.92 Å². The zero-order valence-corrected chi connectivity index (χ0v) is 49.9. The second kappa shape index (κ2) is 53.5. The molecule has 7 atom stereocenters. The van der Waals surface area contributed by atoms with Crippen molar-refractivity contribution in [2.45, 2.75) is 128 Å². The molecule has 0 amide bonds. The molecule has 0 bridgehead atoms. The van der Waals surface area contributed by atoms with Crippen molar-refractivity contribution >= 4 is 41.6 Å². The summed E-state index contributed by atoms with van der Waals surface area (Å²) in [5, 5.41) is 64.8. The van der Waals surface area contributed by atoms with Crippen LogP contribution in [0.1, 0.15) is 85.5 Å². The molecule has 382 valence electrons. The van der Waals surface area contributed by atoms with E-state index in [0.717, 1.165) is 19.3 Å². The van der Waals surface area contributed by atoms with Crippen molar-refractivity contribution in [1.82, 2.24) is 0 Å². The van der Waals surface area contributed by atoms with Gasteiger partial charge in [0.05, 0.1) is 42.7 Å². The van der Waals surface area contributed by atoms with Gasteiger partial charge in [0.2, 0.25) is 0 Å². The molecule has 62 heavy (non-hydrogen) atoms. The maximum atomic E-state index is 9.43. The van der Waals surface area contributed by atoms with Crippen LogP contribution >= 0.6 is 0 Å². The zero-order chi connectivity index (χ0) is 48.4. The maximum absolute atomic E-state index is 9.43. The van der Waals surface area contributed by atoms with Gasteiger partial charge < -0.3 is 41.2 Å². The monoisotopic (exact) mass is 1490 g/mol. The Morgan fingerprint density at radius 2 is 0.565 bits per heavy atom. The summed E-state index contributed by atoms with van der Waals surface area (Å²) in [5.74, 6) is 0. The molecule has 21 N–H and O–H groups in total. The first-order valence-corrected chi connectivity index (χ1v) is 26.9. The zero-order valence-electron chi connectivity index (χ0n) is 32.8. The number of aliphatic hydroxyl groups excluding tert-OH is 7. The Morgan fingerprint density at radius 3 is 0.726 bits per heavy atom. The van der Waals surface area contributed by atoms with Gasteiger partial charge in [0.25, 0.3) is 0 Å². The molecule has 0 fully saturated rings. The Hall–Kier alpha value is 3.11. The van der Waals surface area contributed by atoms with E-state index in [2.05, 4.69) is 6.92 Å². The van der Waals surface area contributed by atoms with Crippen LogP contribution in [0, 0.1) is 0 Å². The van der Waals surface area contributed by atoms with E-state index >= 15 is 0 Å². The third-order valence-electron chi connectivity index (χ3n) is 4.22. The van der Waals surface area contributed by atoms with Crippen LogP contribution in [0.15, 0.2) is 0 Å².